The van der Waals surface area contributed by atoms with Gasteiger partial charge in [-0.15, -0.1) is 11.6 Å². The van der Waals surface area contributed by atoms with E-state index < -0.39 is 10.0 Å². The summed E-state index contributed by atoms with van der Waals surface area (Å²) < 4.78 is 25.1. The molecule has 104 valence electrons. The number of rotatable bonds is 4. The molecule has 7 heteroatoms. The summed E-state index contributed by atoms with van der Waals surface area (Å²) >= 11 is 5.78. The Labute approximate surface area is 117 Å². The number of sulfonamides is 1. The number of benzene rings is 1. The maximum Gasteiger partial charge on any atom is 0.229 e. The minimum atomic E-state index is -3.38. The van der Waals surface area contributed by atoms with Crippen molar-refractivity contribution in [3.8, 4) is 0 Å². The van der Waals surface area contributed by atoms with E-state index in [4.69, 9.17) is 11.6 Å². The summed E-state index contributed by atoms with van der Waals surface area (Å²) in [6, 6.07) is 6.85. The van der Waals surface area contributed by atoms with E-state index >= 15 is 0 Å². The lowest BCUT2D eigenvalue weighted by atomic mass is 10.1. The van der Waals surface area contributed by atoms with Gasteiger partial charge in [-0.3, -0.25) is 9.52 Å². The molecule has 2 rings (SSSR count). The molecule has 0 aromatic heterocycles. The van der Waals surface area contributed by atoms with Crippen LogP contribution in [0.5, 0.6) is 0 Å². The first-order chi connectivity index (χ1) is 8.90. The predicted molar refractivity (Wildman–Crippen MR) is 76.1 cm³/mol. The second-order valence-corrected chi connectivity index (χ2v) is 6.68. The number of hydrogen-bond donors (Lipinski definition) is 1. The average molecular weight is 303 g/mol. The van der Waals surface area contributed by atoms with Crippen LogP contribution in [0, 0.1) is 5.92 Å². The van der Waals surface area contributed by atoms with E-state index in [2.05, 4.69) is 4.72 Å². The minimum absolute atomic E-state index is 0.0339. The summed E-state index contributed by atoms with van der Waals surface area (Å²) in [7, 11) is -3.38. The highest BCUT2D eigenvalue weighted by Crippen LogP contribution is 2.32. The van der Waals surface area contributed by atoms with Gasteiger partial charge in [0, 0.05) is 18.8 Å². The lowest BCUT2D eigenvalue weighted by Gasteiger charge is -2.20. The molecule has 1 amide bonds. The van der Waals surface area contributed by atoms with Gasteiger partial charge in [-0.25, -0.2) is 8.42 Å². The van der Waals surface area contributed by atoms with Gasteiger partial charge in [0.05, 0.1) is 17.6 Å². The van der Waals surface area contributed by atoms with Crippen molar-refractivity contribution >= 4 is 38.9 Å². The van der Waals surface area contributed by atoms with E-state index in [1.165, 1.54) is 0 Å². The van der Waals surface area contributed by atoms with Gasteiger partial charge in [0.2, 0.25) is 15.9 Å². The summed E-state index contributed by atoms with van der Waals surface area (Å²) in [5, 5.41) is 0. The largest absolute Gasteiger partial charge is 0.310 e. The third kappa shape index (κ3) is 3.39. The number of alkyl halides is 1. The predicted octanol–water partition coefficient (Wildman–Crippen LogP) is 1.65. The molecule has 1 aliphatic rings. The first kappa shape index (κ1) is 14.1. The Balaban J connectivity index is 2.32. The molecule has 0 aliphatic carbocycles. The molecule has 1 unspecified atom stereocenters. The van der Waals surface area contributed by atoms with Gasteiger partial charge in [0.25, 0.3) is 0 Å². The summed E-state index contributed by atoms with van der Waals surface area (Å²) in [5.74, 6) is 0.498. The highest BCUT2D eigenvalue weighted by atomic mass is 35.5. The first-order valence-electron chi connectivity index (χ1n) is 5.84. The number of carbonyl (C=O) groups is 1. The number of nitrogens with zero attached hydrogens (tertiary/aromatic N) is 1. The van der Waals surface area contributed by atoms with Crippen molar-refractivity contribution in [3.05, 3.63) is 24.3 Å². The molecule has 19 heavy (non-hydrogen) atoms. The van der Waals surface area contributed by atoms with Crippen LogP contribution in [0.3, 0.4) is 0 Å². The molecule has 1 N–H and O–H groups in total. The van der Waals surface area contributed by atoms with E-state index in [9.17, 15) is 13.2 Å². The molecule has 1 aromatic rings. The van der Waals surface area contributed by atoms with Crippen molar-refractivity contribution in [2.75, 3.05) is 28.3 Å². The van der Waals surface area contributed by atoms with E-state index in [0.717, 1.165) is 6.26 Å². The fourth-order valence-corrected chi connectivity index (χ4v) is 2.89. The summed E-state index contributed by atoms with van der Waals surface area (Å²) in [4.78, 5) is 13.5. The fraction of sp³-hybridized carbons (Fsp3) is 0.417. The summed E-state index contributed by atoms with van der Waals surface area (Å²) in [6.07, 6.45) is 1.48. The third-order valence-corrected chi connectivity index (χ3v) is 3.94. The minimum Gasteiger partial charge on any atom is -0.310 e. The molecule has 1 heterocycles. The summed E-state index contributed by atoms with van der Waals surface area (Å²) in [6.45, 7) is 0.519. The van der Waals surface area contributed by atoms with E-state index in [0.29, 0.717) is 30.2 Å². The highest BCUT2D eigenvalue weighted by molar-refractivity contribution is 7.92. The Bertz CT molecular complexity index is 588. The maximum absolute atomic E-state index is 12.0. The Morgan fingerprint density at radius 2 is 2.11 bits per heavy atom. The number of para-hydroxylation sites is 2. The Morgan fingerprint density at radius 1 is 1.42 bits per heavy atom. The average Bonchev–Trinajstić information content (AvgIpc) is 2.69. The molecule has 0 saturated carbocycles. The maximum atomic E-state index is 12.0. The van der Waals surface area contributed by atoms with Crippen molar-refractivity contribution in [2.45, 2.75) is 6.42 Å². The van der Waals surface area contributed by atoms with Crippen molar-refractivity contribution < 1.29 is 13.2 Å². The van der Waals surface area contributed by atoms with Gasteiger partial charge in [-0.05, 0) is 18.1 Å². The lowest BCUT2D eigenvalue weighted by Crippen LogP contribution is -2.26. The van der Waals surface area contributed by atoms with Gasteiger partial charge < -0.3 is 4.90 Å². The van der Waals surface area contributed by atoms with Crippen molar-refractivity contribution in [2.24, 2.45) is 5.92 Å². The van der Waals surface area contributed by atoms with E-state index in [-0.39, 0.29) is 11.8 Å². The van der Waals surface area contributed by atoms with Gasteiger partial charge in [0.15, 0.2) is 0 Å². The molecule has 1 aromatic carbocycles. The topological polar surface area (TPSA) is 66.5 Å². The molecule has 1 atom stereocenters. The fourth-order valence-electron chi connectivity index (χ4n) is 2.11. The SMILES string of the molecule is CS(=O)(=O)Nc1ccccc1N1CC(CCl)CC1=O. The highest BCUT2D eigenvalue weighted by Gasteiger charge is 2.31. The van der Waals surface area contributed by atoms with E-state index in [1.54, 1.807) is 29.2 Å². The summed E-state index contributed by atoms with van der Waals surface area (Å²) in [5.41, 5.74) is 0.985. The molecular formula is C12H15ClN2O3S. The van der Waals surface area contributed by atoms with Crippen LogP contribution in [0.4, 0.5) is 11.4 Å². The van der Waals surface area contributed by atoms with Crippen LogP contribution >= 0.6 is 11.6 Å². The van der Waals surface area contributed by atoms with Crippen LogP contribution < -0.4 is 9.62 Å². The number of nitrogens with one attached hydrogen (secondary N) is 1. The smallest absolute Gasteiger partial charge is 0.229 e. The standard InChI is InChI=1S/C12H15ClN2O3S/c1-19(17,18)14-10-4-2-3-5-11(10)15-8-9(7-13)6-12(15)16/h2-5,9,14H,6-8H2,1H3. The molecular weight excluding hydrogens is 288 g/mol. The molecule has 0 radical (unpaired) electrons. The van der Waals surface area contributed by atoms with Crippen LogP contribution in [-0.2, 0) is 14.8 Å². The molecule has 5 nitrogen and oxygen atoms in total. The van der Waals surface area contributed by atoms with Crippen LogP contribution in [0.25, 0.3) is 0 Å². The third-order valence-electron chi connectivity index (χ3n) is 2.91. The van der Waals surface area contributed by atoms with Gasteiger partial charge in [0.1, 0.15) is 0 Å². The number of hydrogen-bond acceptors (Lipinski definition) is 3. The number of amides is 1. The quantitative estimate of drug-likeness (QED) is 0.860. The molecule has 1 saturated heterocycles. The van der Waals surface area contributed by atoms with Gasteiger partial charge >= 0.3 is 0 Å². The Hall–Kier alpha value is -1.27. The molecule has 0 spiro atoms. The van der Waals surface area contributed by atoms with Gasteiger partial charge in [-0.1, -0.05) is 12.1 Å². The molecule has 1 aliphatic heterocycles. The molecule has 0 bridgehead atoms. The monoisotopic (exact) mass is 302 g/mol. The van der Waals surface area contributed by atoms with Crippen molar-refractivity contribution in [3.63, 3.8) is 0 Å². The van der Waals surface area contributed by atoms with Crippen LogP contribution in [0.15, 0.2) is 24.3 Å². The number of halogens is 1. The lowest BCUT2D eigenvalue weighted by molar-refractivity contribution is -0.117. The Kier molecular flexibility index (Phi) is 4.01. The zero-order valence-corrected chi connectivity index (χ0v) is 12.0. The van der Waals surface area contributed by atoms with Crippen molar-refractivity contribution in [1.82, 2.24) is 0 Å². The number of anilines is 2. The molecule has 1 fully saturated rings. The first-order valence-corrected chi connectivity index (χ1v) is 8.26. The van der Waals surface area contributed by atoms with Gasteiger partial charge in [-0.2, -0.15) is 0 Å². The van der Waals surface area contributed by atoms with E-state index in [1.807, 2.05) is 0 Å². The second kappa shape index (κ2) is 5.38. The Morgan fingerprint density at radius 3 is 2.68 bits per heavy atom. The van der Waals surface area contributed by atoms with Crippen LogP contribution in [0.1, 0.15) is 6.42 Å². The number of carbonyl (C=O) groups excluding carboxylic acids is 1. The normalized spacial score (nSPS) is 19.8. The van der Waals surface area contributed by atoms with Crippen LogP contribution in [0.2, 0.25) is 0 Å². The van der Waals surface area contributed by atoms with Crippen molar-refractivity contribution in [1.29, 1.82) is 0 Å². The zero-order chi connectivity index (χ0) is 14.0. The van der Waals surface area contributed by atoms with Crippen LogP contribution in [-0.4, -0.2) is 33.0 Å². The second-order valence-electron chi connectivity index (χ2n) is 4.62. The zero-order valence-electron chi connectivity index (χ0n) is 10.5.